The van der Waals surface area contributed by atoms with Gasteiger partial charge in [-0.25, -0.2) is 14.8 Å². The molecule has 26 heavy (non-hydrogen) atoms. The van der Waals surface area contributed by atoms with Crippen molar-refractivity contribution in [3.63, 3.8) is 0 Å². The van der Waals surface area contributed by atoms with Crippen LogP contribution in [0.5, 0.6) is 0 Å². The molecule has 3 rings (SSSR count). The molecule has 1 aromatic carbocycles. The molecule has 1 saturated heterocycles. The standard InChI is InChI=1S/C19H23ClN4O2/c1-14-11-22-18(20)23-17(14)21-12-15-7-9-24(10-8-15)19(25)26-13-16-5-3-2-4-6-16/h2-6,11,15H,7-10,12-13H2,1H3,(H,21,22,23). The van der Waals surface area contributed by atoms with Crippen LogP contribution in [0.25, 0.3) is 0 Å². The Morgan fingerprint density at radius 3 is 2.77 bits per heavy atom. The first-order chi connectivity index (χ1) is 12.6. The number of aromatic nitrogens is 2. The fraction of sp³-hybridized carbons (Fsp3) is 0.421. The van der Waals surface area contributed by atoms with Gasteiger partial charge in [-0.3, -0.25) is 0 Å². The summed E-state index contributed by atoms with van der Waals surface area (Å²) in [4.78, 5) is 22.2. The van der Waals surface area contributed by atoms with Crippen molar-refractivity contribution in [1.29, 1.82) is 0 Å². The van der Waals surface area contributed by atoms with Crippen molar-refractivity contribution < 1.29 is 9.53 Å². The highest BCUT2D eigenvalue weighted by atomic mass is 35.5. The van der Waals surface area contributed by atoms with Crippen LogP contribution in [0.1, 0.15) is 24.0 Å². The molecule has 0 unspecified atom stereocenters. The number of likely N-dealkylation sites (tertiary alicyclic amines) is 1. The molecule has 7 heteroatoms. The number of halogens is 1. The minimum atomic E-state index is -0.237. The predicted octanol–water partition coefficient (Wildman–Crippen LogP) is 3.90. The highest BCUT2D eigenvalue weighted by Gasteiger charge is 2.23. The van der Waals surface area contributed by atoms with E-state index in [4.69, 9.17) is 16.3 Å². The number of amides is 1. The van der Waals surface area contributed by atoms with Gasteiger partial charge in [-0.15, -0.1) is 0 Å². The number of ether oxygens (including phenoxy) is 1. The van der Waals surface area contributed by atoms with Crippen LogP contribution in [-0.2, 0) is 11.3 Å². The van der Waals surface area contributed by atoms with Crippen molar-refractivity contribution in [2.75, 3.05) is 25.0 Å². The van der Waals surface area contributed by atoms with E-state index in [0.717, 1.165) is 36.3 Å². The maximum atomic E-state index is 12.2. The van der Waals surface area contributed by atoms with Crippen LogP contribution in [0.3, 0.4) is 0 Å². The van der Waals surface area contributed by atoms with E-state index in [1.807, 2.05) is 37.3 Å². The summed E-state index contributed by atoms with van der Waals surface area (Å²) in [5.74, 6) is 1.26. The van der Waals surface area contributed by atoms with E-state index in [-0.39, 0.29) is 11.4 Å². The van der Waals surface area contributed by atoms with Crippen LogP contribution in [0.4, 0.5) is 10.6 Å². The molecule has 1 fully saturated rings. The van der Waals surface area contributed by atoms with Gasteiger partial charge in [0.05, 0.1) is 0 Å². The molecule has 0 bridgehead atoms. The van der Waals surface area contributed by atoms with Gasteiger partial charge in [0.15, 0.2) is 0 Å². The van der Waals surface area contributed by atoms with E-state index in [9.17, 15) is 4.79 Å². The zero-order valence-corrected chi connectivity index (χ0v) is 15.6. The van der Waals surface area contributed by atoms with Gasteiger partial charge in [-0.1, -0.05) is 30.3 Å². The molecule has 1 amide bonds. The SMILES string of the molecule is Cc1cnc(Cl)nc1NCC1CCN(C(=O)OCc2ccccc2)CC1. The van der Waals surface area contributed by atoms with Crippen LogP contribution >= 0.6 is 11.6 Å². The third-order valence-electron chi connectivity index (χ3n) is 4.58. The summed E-state index contributed by atoms with van der Waals surface area (Å²) in [5.41, 5.74) is 1.97. The van der Waals surface area contributed by atoms with Crippen molar-refractivity contribution in [3.05, 3.63) is 52.9 Å². The third kappa shape index (κ3) is 5.08. The first-order valence-corrected chi connectivity index (χ1v) is 9.18. The number of hydrogen-bond donors (Lipinski definition) is 1. The first-order valence-electron chi connectivity index (χ1n) is 8.80. The Hall–Kier alpha value is -2.34. The maximum absolute atomic E-state index is 12.2. The Labute approximate surface area is 158 Å². The Bertz CT molecular complexity index is 734. The van der Waals surface area contributed by atoms with Gasteiger partial charge in [-0.05, 0) is 42.8 Å². The molecule has 1 aliphatic rings. The molecule has 0 aliphatic carbocycles. The van der Waals surface area contributed by atoms with Crippen LogP contribution in [0, 0.1) is 12.8 Å². The van der Waals surface area contributed by atoms with E-state index >= 15 is 0 Å². The van der Waals surface area contributed by atoms with Crippen LogP contribution in [0.15, 0.2) is 36.5 Å². The molecule has 0 spiro atoms. The topological polar surface area (TPSA) is 67.4 Å². The van der Waals surface area contributed by atoms with Gasteiger partial charge >= 0.3 is 6.09 Å². The lowest BCUT2D eigenvalue weighted by Crippen LogP contribution is -2.40. The van der Waals surface area contributed by atoms with E-state index in [1.165, 1.54) is 0 Å². The molecular formula is C19H23ClN4O2. The molecule has 0 atom stereocenters. The van der Waals surface area contributed by atoms with Gasteiger partial charge < -0.3 is 15.0 Å². The third-order valence-corrected chi connectivity index (χ3v) is 4.76. The fourth-order valence-electron chi connectivity index (χ4n) is 2.97. The Morgan fingerprint density at radius 1 is 1.31 bits per heavy atom. The molecule has 0 saturated carbocycles. The minimum Gasteiger partial charge on any atom is -0.445 e. The number of anilines is 1. The van der Waals surface area contributed by atoms with Crippen LogP contribution in [-0.4, -0.2) is 40.6 Å². The molecule has 2 heterocycles. The lowest BCUT2D eigenvalue weighted by Gasteiger charge is -2.31. The number of nitrogens with zero attached hydrogens (tertiary/aromatic N) is 3. The highest BCUT2D eigenvalue weighted by Crippen LogP contribution is 2.20. The summed E-state index contributed by atoms with van der Waals surface area (Å²) in [7, 11) is 0. The molecule has 138 valence electrons. The second-order valence-electron chi connectivity index (χ2n) is 6.52. The van der Waals surface area contributed by atoms with Gasteiger partial charge in [0.1, 0.15) is 12.4 Å². The van der Waals surface area contributed by atoms with E-state index < -0.39 is 0 Å². The van der Waals surface area contributed by atoms with Crippen molar-refractivity contribution in [3.8, 4) is 0 Å². The monoisotopic (exact) mass is 374 g/mol. The second-order valence-corrected chi connectivity index (χ2v) is 6.86. The van der Waals surface area contributed by atoms with Crippen molar-refractivity contribution in [1.82, 2.24) is 14.9 Å². The molecule has 1 N–H and O–H groups in total. The van der Waals surface area contributed by atoms with Crippen molar-refractivity contribution in [2.45, 2.75) is 26.4 Å². The number of piperidine rings is 1. The molecule has 0 radical (unpaired) electrons. The van der Waals surface area contributed by atoms with E-state index in [0.29, 0.717) is 25.6 Å². The summed E-state index contributed by atoms with van der Waals surface area (Å²) < 4.78 is 5.40. The van der Waals surface area contributed by atoms with E-state index in [1.54, 1.807) is 11.1 Å². The van der Waals surface area contributed by atoms with E-state index in [2.05, 4.69) is 15.3 Å². The molecule has 1 aromatic heterocycles. The van der Waals surface area contributed by atoms with Crippen LogP contribution in [0.2, 0.25) is 5.28 Å². The quantitative estimate of drug-likeness (QED) is 0.804. The lowest BCUT2D eigenvalue weighted by molar-refractivity contribution is 0.0832. The van der Waals surface area contributed by atoms with Gasteiger partial charge in [0.25, 0.3) is 0 Å². The number of rotatable bonds is 5. The average Bonchev–Trinajstić information content (AvgIpc) is 2.68. The summed E-state index contributed by atoms with van der Waals surface area (Å²) in [6.45, 7) is 4.49. The normalized spacial score (nSPS) is 14.9. The highest BCUT2D eigenvalue weighted by molar-refractivity contribution is 6.28. The maximum Gasteiger partial charge on any atom is 0.410 e. The summed E-state index contributed by atoms with van der Waals surface area (Å²) in [6, 6.07) is 9.72. The zero-order valence-electron chi connectivity index (χ0n) is 14.8. The number of hydrogen-bond acceptors (Lipinski definition) is 5. The molecule has 6 nitrogen and oxygen atoms in total. The molecular weight excluding hydrogens is 352 g/mol. The van der Waals surface area contributed by atoms with Crippen LogP contribution < -0.4 is 5.32 Å². The van der Waals surface area contributed by atoms with Gasteiger partial charge in [-0.2, -0.15) is 0 Å². The second kappa shape index (κ2) is 8.85. The van der Waals surface area contributed by atoms with Crippen molar-refractivity contribution in [2.24, 2.45) is 5.92 Å². The minimum absolute atomic E-state index is 0.237. The van der Waals surface area contributed by atoms with Gasteiger partial charge in [0, 0.05) is 31.4 Å². The van der Waals surface area contributed by atoms with Gasteiger partial charge in [0.2, 0.25) is 5.28 Å². The van der Waals surface area contributed by atoms with Crippen molar-refractivity contribution >= 4 is 23.5 Å². The average molecular weight is 375 g/mol. The first kappa shape index (κ1) is 18.5. The Balaban J connectivity index is 1.41. The fourth-order valence-corrected chi connectivity index (χ4v) is 3.10. The zero-order chi connectivity index (χ0) is 18.4. The number of aryl methyl sites for hydroxylation is 1. The Kier molecular flexibility index (Phi) is 6.28. The number of carbonyl (C=O) groups is 1. The number of nitrogens with one attached hydrogen (secondary N) is 1. The molecule has 1 aliphatic heterocycles. The number of benzene rings is 1. The predicted molar refractivity (Wildman–Crippen MR) is 101 cm³/mol. The Morgan fingerprint density at radius 2 is 2.04 bits per heavy atom. The number of carbonyl (C=O) groups excluding carboxylic acids is 1. The lowest BCUT2D eigenvalue weighted by atomic mass is 9.97. The summed E-state index contributed by atoms with van der Waals surface area (Å²) in [5, 5.41) is 3.59. The summed E-state index contributed by atoms with van der Waals surface area (Å²) in [6.07, 6.45) is 3.35. The summed E-state index contributed by atoms with van der Waals surface area (Å²) >= 11 is 5.85. The smallest absolute Gasteiger partial charge is 0.410 e. The molecule has 2 aromatic rings. The largest absolute Gasteiger partial charge is 0.445 e.